The zero-order valence-corrected chi connectivity index (χ0v) is 12.1. The van der Waals surface area contributed by atoms with Crippen LogP contribution in [0.5, 0.6) is 0 Å². The third kappa shape index (κ3) is 3.06. The van der Waals surface area contributed by atoms with Crippen molar-refractivity contribution >= 4 is 17.3 Å². The average molecular weight is 281 g/mol. The maximum absolute atomic E-state index is 12.2. The average Bonchev–Trinajstić information content (AvgIpc) is 2.82. The summed E-state index contributed by atoms with van der Waals surface area (Å²) >= 11 is 0. The standard InChI is InChI=1S/C17H19N3O/c1-12-4-2-3-5-16(12)19-17(21)11-20-9-13-6-7-15(18)8-14(13)10-20/h2-8H,9-11,18H2,1H3,(H,19,21). The minimum Gasteiger partial charge on any atom is -0.399 e. The highest BCUT2D eigenvalue weighted by atomic mass is 16.2. The van der Waals surface area contributed by atoms with Gasteiger partial charge in [-0.25, -0.2) is 0 Å². The van der Waals surface area contributed by atoms with Crippen LogP contribution >= 0.6 is 0 Å². The van der Waals surface area contributed by atoms with Gasteiger partial charge < -0.3 is 11.1 Å². The van der Waals surface area contributed by atoms with Gasteiger partial charge in [0.25, 0.3) is 0 Å². The molecule has 1 aliphatic heterocycles. The number of carbonyl (C=O) groups excluding carboxylic acids is 1. The van der Waals surface area contributed by atoms with Crippen molar-refractivity contribution in [2.24, 2.45) is 0 Å². The lowest BCUT2D eigenvalue weighted by Crippen LogP contribution is -2.29. The van der Waals surface area contributed by atoms with Crippen LogP contribution in [-0.2, 0) is 17.9 Å². The quantitative estimate of drug-likeness (QED) is 0.850. The molecule has 2 aromatic rings. The molecule has 1 heterocycles. The van der Waals surface area contributed by atoms with Gasteiger partial charge in [0, 0.05) is 24.5 Å². The molecule has 0 unspecified atom stereocenters. The first-order valence-electron chi connectivity index (χ1n) is 7.07. The van der Waals surface area contributed by atoms with Crippen LogP contribution in [-0.4, -0.2) is 17.4 Å². The van der Waals surface area contributed by atoms with E-state index in [4.69, 9.17) is 5.73 Å². The summed E-state index contributed by atoms with van der Waals surface area (Å²) in [5.74, 6) is 0.0186. The molecule has 0 aromatic heterocycles. The molecule has 0 spiro atoms. The lowest BCUT2D eigenvalue weighted by Gasteiger charge is -2.15. The third-order valence-electron chi connectivity index (χ3n) is 3.80. The van der Waals surface area contributed by atoms with E-state index in [9.17, 15) is 4.79 Å². The molecular formula is C17H19N3O. The molecule has 0 saturated heterocycles. The Morgan fingerprint density at radius 2 is 1.95 bits per heavy atom. The molecule has 3 rings (SSSR count). The molecule has 1 amide bonds. The van der Waals surface area contributed by atoms with Gasteiger partial charge in [0.15, 0.2) is 0 Å². The smallest absolute Gasteiger partial charge is 0.238 e. The van der Waals surface area contributed by atoms with Gasteiger partial charge in [0.2, 0.25) is 5.91 Å². The number of para-hydroxylation sites is 1. The van der Waals surface area contributed by atoms with Gasteiger partial charge in [-0.05, 0) is 41.8 Å². The van der Waals surface area contributed by atoms with Crippen LogP contribution in [0.2, 0.25) is 0 Å². The number of benzene rings is 2. The van der Waals surface area contributed by atoms with Crippen LogP contribution in [0.1, 0.15) is 16.7 Å². The van der Waals surface area contributed by atoms with Crippen molar-refractivity contribution in [3.8, 4) is 0 Å². The first-order chi connectivity index (χ1) is 10.1. The van der Waals surface area contributed by atoms with E-state index in [0.29, 0.717) is 6.54 Å². The summed E-state index contributed by atoms with van der Waals surface area (Å²) in [5, 5.41) is 2.97. The number of nitrogens with one attached hydrogen (secondary N) is 1. The second kappa shape index (κ2) is 5.58. The minimum atomic E-state index is 0.0186. The second-order valence-electron chi connectivity index (χ2n) is 5.54. The topological polar surface area (TPSA) is 58.4 Å². The predicted molar refractivity (Wildman–Crippen MR) is 84.8 cm³/mol. The number of hydrogen-bond donors (Lipinski definition) is 2. The van der Waals surface area contributed by atoms with Crippen LogP contribution in [0.25, 0.3) is 0 Å². The van der Waals surface area contributed by atoms with E-state index in [1.807, 2.05) is 49.4 Å². The van der Waals surface area contributed by atoms with Gasteiger partial charge in [-0.3, -0.25) is 9.69 Å². The lowest BCUT2D eigenvalue weighted by atomic mass is 10.1. The fraction of sp³-hybridized carbons (Fsp3) is 0.235. The molecule has 3 N–H and O–H groups in total. The summed E-state index contributed by atoms with van der Waals surface area (Å²) in [4.78, 5) is 14.3. The van der Waals surface area contributed by atoms with E-state index >= 15 is 0 Å². The number of hydrogen-bond acceptors (Lipinski definition) is 3. The number of carbonyl (C=O) groups is 1. The summed E-state index contributed by atoms with van der Waals surface area (Å²) in [7, 11) is 0. The summed E-state index contributed by atoms with van der Waals surface area (Å²) in [6, 6.07) is 13.8. The molecule has 0 saturated carbocycles. The molecule has 0 atom stereocenters. The number of nitrogens with two attached hydrogens (primary N) is 1. The lowest BCUT2D eigenvalue weighted by molar-refractivity contribution is -0.117. The molecule has 0 bridgehead atoms. The fourth-order valence-electron chi connectivity index (χ4n) is 2.70. The normalized spacial score (nSPS) is 14.0. The summed E-state index contributed by atoms with van der Waals surface area (Å²) in [6.07, 6.45) is 0. The van der Waals surface area contributed by atoms with E-state index in [2.05, 4.69) is 10.2 Å². The Morgan fingerprint density at radius 1 is 1.19 bits per heavy atom. The number of nitrogen functional groups attached to an aromatic ring is 1. The van der Waals surface area contributed by atoms with Crippen molar-refractivity contribution in [2.75, 3.05) is 17.6 Å². The zero-order chi connectivity index (χ0) is 14.8. The highest BCUT2D eigenvalue weighted by molar-refractivity contribution is 5.93. The number of fused-ring (bicyclic) bond motifs is 1. The van der Waals surface area contributed by atoms with E-state index < -0.39 is 0 Å². The van der Waals surface area contributed by atoms with E-state index in [-0.39, 0.29) is 5.91 Å². The number of anilines is 2. The van der Waals surface area contributed by atoms with Gasteiger partial charge in [0.05, 0.1) is 6.54 Å². The SMILES string of the molecule is Cc1ccccc1NC(=O)CN1Cc2ccc(N)cc2C1. The van der Waals surface area contributed by atoms with Crippen molar-refractivity contribution in [2.45, 2.75) is 20.0 Å². The molecule has 4 nitrogen and oxygen atoms in total. The molecule has 4 heteroatoms. The Bertz CT molecular complexity index is 681. The Labute approximate surface area is 124 Å². The number of aryl methyl sites for hydroxylation is 1. The van der Waals surface area contributed by atoms with Crippen LogP contribution in [0.3, 0.4) is 0 Å². The maximum atomic E-state index is 12.2. The minimum absolute atomic E-state index is 0.0186. The summed E-state index contributed by atoms with van der Waals surface area (Å²) < 4.78 is 0. The third-order valence-corrected chi connectivity index (χ3v) is 3.80. The van der Waals surface area contributed by atoms with E-state index in [1.54, 1.807) is 0 Å². The number of nitrogens with zero attached hydrogens (tertiary/aromatic N) is 1. The van der Waals surface area contributed by atoms with Gasteiger partial charge in [-0.15, -0.1) is 0 Å². The van der Waals surface area contributed by atoms with Crippen molar-refractivity contribution < 1.29 is 4.79 Å². The van der Waals surface area contributed by atoms with Crippen LogP contribution in [0.15, 0.2) is 42.5 Å². The summed E-state index contributed by atoms with van der Waals surface area (Å²) in [5.41, 5.74) is 11.0. The molecule has 0 fully saturated rings. The fourth-order valence-corrected chi connectivity index (χ4v) is 2.70. The second-order valence-corrected chi connectivity index (χ2v) is 5.54. The zero-order valence-electron chi connectivity index (χ0n) is 12.1. The molecule has 21 heavy (non-hydrogen) atoms. The first kappa shape index (κ1) is 13.6. The van der Waals surface area contributed by atoms with E-state index in [0.717, 1.165) is 30.0 Å². The Kier molecular flexibility index (Phi) is 3.62. The molecular weight excluding hydrogens is 262 g/mol. The molecule has 0 aliphatic carbocycles. The number of amides is 1. The van der Waals surface area contributed by atoms with E-state index in [1.165, 1.54) is 11.1 Å². The molecule has 108 valence electrons. The van der Waals surface area contributed by atoms with Crippen LogP contribution in [0.4, 0.5) is 11.4 Å². The predicted octanol–water partition coefficient (Wildman–Crippen LogP) is 2.53. The maximum Gasteiger partial charge on any atom is 0.238 e. The molecule has 0 radical (unpaired) electrons. The highest BCUT2D eigenvalue weighted by Gasteiger charge is 2.21. The van der Waals surface area contributed by atoms with Crippen molar-refractivity contribution in [1.82, 2.24) is 4.90 Å². The van der Waals surface area contributed by atoms with Gasteiger partial charge in [0.1, 0.15) is 0 Å². The number of rotatable bonds is 3. The Morgan fingerprint density at radius 3 is 2.76 bits per heavy atom. The van der Waals surface area contributed by atoms with Crippen molar-refractivity contribution in [3.05, 3.63) is 59.2 Å². The Hall–Kier alpha value is -2.33. The monoisotopic (exact) mass is 281 g/mol. The van der Waals surface area contributed by atoms with Crippen LogP contribution < -0.4 is 11.1 Å². The molecule has 2 aromatic carbocycles. The highest BCUT2D eigenvalue weighted by Crippen LogP contribution is 2.24. The first-order valence-corrected chi connectivity index (χ1v) is 7.07. The summed E-state index contributed by atoms with van der Waals surface area (Å²) in [6.45, 7) is 3.96. The van der Waals surface area contributed by atoms with Crippen molar-refractivity contribution in [3.63, 3.8) is 0 Å². The van der Waals surface area contributed by atoms with Crippen molar-refractivity contribution in [1.29, 1.82) is 0 Å². The molecule has 1 aliphatic rings. The Balaban J connectivity index is 1.61. The largest absolute Gasteiger partial charge is 0.399 e. The van der Waals surface area contributed by atoms with Gasteiger partial charge in [-0.1, -0.05) is 24.3 Å². The van der Waals surface area contributed by atoms with Gasteiger partial charge in [-0.2, -0.15) is 0 Å². The van der Waals surface area contributed by atoms with Gasteiger partial charge >= 0.3 is 0 Å². The van der Waals surface area contributed by atoms with Crippen LogP contribution in [0, 0.1) is 6.92 Å².